The minimum Gasteiger partial charge on any atom is -0.487 e. The Kier molecular flexibility index (Phi) is 6.08. The number of likely N-dealkylation sites (tertiary alicyclic amines) is 2. The van der Waals surface area contributed by atoms with Crippen molar-refractivity contribution in [3.8, 4) is 5.75 Å². The number of amides is 3. The highest BCUT2D eigenvalue weighted by Gasteiger charge is 2.42. The molecule has 3 aliphatic rings. The molecule has 0 aliphatic carbocycles. The molecule has 0 aromatic heterocycles. The summed E-state index contributed by atoms with van der Waals surface area (Å²) in [4.78, 5) is 28.1. The number of hydrogen-bond donors (Lipinski definition) is 1. The summed E-state index contributed by atoms with van der Waals surface area (Å²) in [6.07, 6.45) is -3.84. The average Bonchev–Trinajstić information content (AvgIpc) is 3.07. The SMILES string of the molecule is CC1C(Oc2cc(C(F)(F)F)ccc2Br)CCN1C(=O)N1CCC2OCC(=O)NC2C1. The molecule has 4 rings (SSSR count). The summed E-state index contributed by atoms with van der Waals surface area (Å²) in [6, 6.07) is 2.56. The molecule has 1 aromatic carbocycles. The van der Waals surface area contributed by atoms with Crippen LogP contribution in [0.15, 0.2) is 22.7 Å². The van der Waals surface area contributed by atoms with Gasteiger partial charge in [-0.2, -0.15) is 13.2 Å². The maximum Gasteiger partial charge on any atom is 0.416 e. The van der Waals surface area contributed by atoms with Crippen LogP contribution >= 0.6 is 15.9 Å². The second-order valence-electron chi connectivity index (χ2n) is 8.06. The first kappa shape index (κ1) is 22.2. The van der Waals surface area contributed by atoms with Gasteiger partial charge < -0.3 is 24.6 Å². The number of hydrogen-bond acceptors (Lipinski definition) is 4. The number of fused-ring (bicyclic) bond motifs is 1. The fourth-order valence-electron chi connectivity index (χ4n) is 4.33. The third-order valence-electron chi connectivity index (χ3n) is 6.06. The lowest BCUT2D eigenvalue weighted by atomic mass is 10.0. The van der Waals surface area contributed by atoms with E-state index in [0.717, 1.165) is 12.1 Å². The fourth-order valence-corrected chi connectivity index (χ4v) is 4.67. The zero-order chi connectivity index (χ0) is 22.3. The van der Waals surface area contributed by atoms with Crippen LogP contribution in [0, 0.1) is 0 Å². The largest absolute Gasteiger partial charge is 0.487 e. The van der Waals surface area contributed by atoms with Crippen molar-refractivity contribution in [2.75, 3.05) is 26.2 Å². The number of rotatable bonds is 2. The summed E-state index contributed by atoms with van der Waals surface area (Å²) in [5, 5.41) is 2.87. The van der Waals surface area contributed by atoms with E-state index in [0.29, 0.717) is 36.9 Å². The van der Waals surface area contributed by atoms with E-state index in [4.69, 9.17) is 9.47 Å². The minimum absolute atomic E-state index is 0.0440. The third kappa shape index (κ3) is 4.62. The van der Waals surface area contributed by atoms with E-state index in [9.17, 15) is 22.8 Å². The monoisotopic (exact) mass is 505 g/mol. The molecule has 0 radical (unpaired) electrons. The molecule has 170 valence electrons. The number of urea groups is 1. The molecule has 0 saturated carbocycles. The zero-order valence-electron chi connectivity index (χ0n) is 16.8. The molecule has 3 saturated heterocycles. The number of ether oxygens (including phenoxy) is 2. The van der Waals surface area contributed by atoms with Gasteiger partial charge in [-0.1, -0.05) is 0 Å². The first-order valence-electron chi connectivity index (χ1n) is 10.1. The lowest BCUT2D eigenvalue weighted by Gasteiger charge is -2.42. The molecule has 3 aliphatic heterocycles. The van der Waals surface area contributed by atoms with Crippen LogP contribution in [0.3, 0.4) is 0 Å². The standard InChI is InChI=1S/C20H23BrF3N3O4/c1-11-15(31-17-8-12(20(22,23)24)2-3-13(17)21)5-7-27(11)19(29)26-6-4-16-14(9-26)25-18(28)10-30-16/h2-3,8,11,14-16H,4-7,9-10H2,1H3,(H,25,28). The van der Waals surface area contributed by atoms with Crippen LogP contribution in [0.1, 0.15) is 25.3 Å². The van der Waals surface area contributed by atoms with Crippen LogP contribution < -0.4 is 10.1 Å². The third-order valence-corrected chi connectivity index (χ3v) is 6.72. The van der Waals surface area contributed by atoms with Crippen molar-refractivity contribution in [1.82, 2.24) is 15.1 Å². The Morgan fingerprint density at radius 3 is 2.81 bits per heavy atom. The van der Waals surface area contributed by atoms with Gasteiger partial charge in [-0.15, -0.1) is 0 Å². The first-order chi connectivity index (χ1) is 14.6. The zero-order valence-corrected chi connectivity index (χ0v) is 18.4. The van der Waals surface area contributed by atoms with Gasteiger partial charge in [0, 0.05) is 26.1 Å². The van der Waals surface area contributed by atoms with Crippen molar-refractivity contribution in [2.45, 2.75) is 50.2 Å². The number of nitrogens with zero attached hydrogens (tertiary/aromatic N) is 2. The van der Waals surface area contributed by atoms with Crippen LogP contribution in [0.5, 0.6) is 5.75 Å². The van der Waals surface area contributed by atoms with Crippen LogP contribution in [-0.2, 0) is 15.7 Å². The normalized spacial score (nSPS) is 28.9. The summed E-state index contributed by atoms with van der Waals surface area (Å²) < 4.78 is 51.0. The number of nitrogens with one attached hydrogen (secondary N) is 1. The maximum atomic E-state index is 13.1. The molecule has 31 heavy (non-hydrogen) atoms. The van der Waals surface area contributed by atoms with E-state index >= 15 is 0 Å². The van der Waals surface area contributed by atoms with Gasteiger partial charge in [-0.25, -0.2) is 4.79 Å². The predicted molar refractivity (Wildman–Crippen MR) is 108 cm³/mol. The number of piperidine rings is 1. The maximum absolute atomic E-state index is 13.1. The Morgan fingerprint density at radius 1 is 1.29 bits per heavy atom. The molecule has 1 aromatic rings. The number of alkyl halides is 3. The Hall–Kier alpha value is -2.01. The van der Waals surface area contributed by atoms with Gasteiger partial charge in [-0.05, 0) is 47.5 Å². The molecular formula is C20H23BrF3N3O4. The van der Waals surface area contributed by atoms with Gasteiger partial charge in [0.1, 0.15) is 18.5 Å². The van der Waals surface area contributed by atoms with Crippen LogP contribution in [0.4, 0.5) is 18.0 Å². The van der Waals surface area contributed by atoms with E-state index in [1.165, 1.54) is 6.07 Å². The van der Waals surface area contributed by atoms with Crippen molar-refractivity contribution in [1.29, 1.82) is 0 Å². The summed E-state index contributed by atoms with van der Waals surface area (Å²) in [5.41, 5.74) is -0.788. The van der Waals surface area contributed by atoms with Gasteiger partial charge in [0.25, 0.3) is 0 Å². The predicted octanol–water partition coefficient (Wildman–Crippen LogP) is 3.02. The molecule has 3 amide bonds. The lowest BCUT2D eigenvalue weighted by molar-refractivity contribution is -0.140. The minimum atomic E-state index is -4.47. The number of carbonyl (C=O) groups is 2. The van der Waals surface area contributed by atoms with Gasteiger partial charge in [-0.3, -0.25) is 4.79 Å². The van der Waals surface area contributed by atoms with E-state index in [-0.39, 0.29) is 42.5 Å². The lowest BCUT2D eigenvalue weighted by Crippen LogP contribution is -2.62. The van der Waals surface area contributed by atoms with Crippen molar-refractivity contribution in [3.05, 3.63) is 28.2 Å². The summed E-state index contributed by atoms with van der Waals surface area (Å²) in [6.45, 7) is 3.19. The second kappa shape index (κ2) is 8.50. The molecular weight excluding hydrogens is 483 g/mol. The summed E-state index contributed by atoms with van der Waals surface area (Å²) >= 11 is 3.24. The Balaban J connectivity index is 1.41. The van der Waals surface area contributed by atoms with Crippen molar-refractivity contribution in [2.24, 2.45) is 0 Å². The molecule has 1 N–H and O–H groups in total. The Morgan fingerprint density at radius 2 is 2.06 bits per heavy atom. The molecule has 3 heterocycles. The highest BCUT2D eigenvalue weighted by atomic mass is 79.9. The number of halogens is 4. The number of benzene rings is 1. The molecule has 4 unspecified atom stereocenters. The van der Waals surface area contributed by atoms with E-state index in [1.807, 2.05) is 6.92 Å². The van der Waals surface area contributed by atoms with Gasteiger partial charge in [0.15, 0.2) is 0 Å². The fraction of sp³-hybridized carbons (Fsp3) is 0.600. The highest BCUT2D eigenvalue weighted by Crippen LogP contribution is 2.37. The highest BCUT2D eigenvalue weighted by molar-refractivity contribution is 9.10. The average molecular weight is 506 g/mol. The van der Waals surface area contributed by atoms with Crippen LogP contribution in [-0.4, -0.2) is 72.3 Å². The number of morpholine rings is 1. The molecule has 11 heteroatoms. The molecule has 0 bridgehead atoms. The van der Waals surface area contributed by atoms with Crippen molar-refractivity contribution in [3.63, 3.8) is 0 Å². The molecule has 7 nitrogen and oxygen atoms in total. The first-order valence-corrected chi connectivity index (χ1v) is 10.9. The van der Waals surface area contributed by atoms with Gasteiger partial charge in [0.05, 0.1) is 28.2 Å². The van der Waals surface area contributed by atoms with E-state index < -0.39 is 17.8 Å². The Bertz CT molecular complexity index is 869. The van der Waals surface area contributed by atoms with Crippen LogP contribution in [0.25, 0.3) is 0 Å². The Labute approximate surface area is 186 Å². The molecule has 3 fully saturated rings. The number of carbonyl (C=O) groups excluding carboxylic acids is 2. The summed E-state index contributed by atoms with van der Waals surface area (Å²) in [5.74, 6) is -0.0888. The van der Waals surface area contributed by atoms with Gasteiger partial charge in [0.2, 0.25) is 5.91 Å². The topological polar surface area (TPSA) is 71.1 Å². The summed E-state index contributed by atoms with van der Waals surface area (Å²) in [7, 11) is 0. The van der Waals surface area contributed by atoms with Crippen molar-refractivity contribution < 1.29 is 32.2 Å². The van der Waals surface area contributed by atoms with Crippen LogP contribution in [0.2, 0.25) is 0 Å². The smallest absolute Gasteiger partial charge is 0.416 e. The quantitative estimate of drug-likeness (QED) is 0.670. The van der Waals surface area contributed by atoms with Gasteiger partial charge >= 0.3 is 12.2 Å². The molecule has 4 atom stereocenters. The second-order valence-corrected chi connectivity index (χ2v) is 8.92. The molecule has 0 spiro atoms. The van der Waals surface area contributed by atoms with E-state index in [2.05, 4.69) is 21.2 Å². The van der Waals surface area contributed by atoms with E-state index in [1.54, 1.807) is 9.80 Å². The van der Waals surface area contributed by atoms with Crippen molar-refractivity contribution >= 4 is 27.9 Å².